The molecular formula is C22H18BrNO3S2. The highest BCUT2D eigenvalue weighted by atomic mass is 79.9. The van der Waals surface area contributed by atoms with E-state index < -0.39 is 0 Å². The van der Waals surface area contributed by atoms with Crippen molar-refractivity contribution < 1.29 is 14.3 Å². The first-order valence-corrected chi connectivity index (χ1v) is 10.7. The number of carbonyl (C=O) groups is 1. The van der Waals surface area contributed by atoms with Gasteiger partial charge < -0.3 is 9.47 Å². The summed E-state index contributed by atoms with van der Waals surface area (Å²) in [6.45, 7) is 4.12. The molecule has 0 N–H and O–H groups in total. The van der Waals surface area contributed by atoms with Crippen LogP contribution in [-0.2, 0) is 4.79 Å². The van der Waals surface area contributed by atoms with Gasteiger partial charge in [0.2, 0.25) is 0 Å². The molecule has 2 aromatic rings. The number of nitrogens with zero attached hydrogens (tertiary/aromatic N) is 1. The number of anilines is 1. The fourth-order valence-corrected chi connectivity index (χ4v) is 4.82. The van der Waals surface area contributed by atoms with Gasteiger partial charge in [-0.25, -0.2) is 0 Å². The zero-order chi connectivity index (χ0) is 21.1. The van der Waals surface area contributed by atoms with Crippen LogP contribution in [-0.4, -0.2) is 23.9 Å². The lowest BCUT2D eigenvalue weighted by atomic mass is 10.1. The second-order valence-corrected chi connectivity index (χ2v) is 8.86. The molecule has 1 aliphatic rings. The van der Waals surface area contributed by atoms with Gasteiger partial charge in [-0.2, -0.15) is 0 Å². The van der Waals surface area contributed by atoms with E-state index in [4.69, 9.17) is 28.1 Å². The number of thioether (sulfide) groups is 1. The highest BCUT2D eigenvalue weighted by molar-refractivity contribution is 9.10. The summed E-state index contributed by atoms with van der Waals surface area (Å²) in [4.78, 5) is 15.2. The SMILES string of the molecule is C#CCOc1c(Br)cc(/C=C2/SC(=S)N(c3ccc(C)cc3C)C2=O)cc1OC. The van der Waals surface area contributed by atoms with E-state index in [9.17, 15) is 4.79 Å². The molecule has 148 valence electrons. The Kier molecular flexibility index (Phi) is 6.68. The molecule has 1 fully saturated rings. The van der Waals surface area contributed by atoms with Gasteiger partial charge >= 0.3 is 0 Å². The number of thiocarbonyl (C=S) groups is 1. The Morgan fingerprint density at radius 1 is 1.31 bits per heavy atom. The summed E-state index contributed by atoms with van der Waals surface area (Å²) in [5, 5.41) is 0. The van der Waals surface area contributed by atoms with Gasteiger partial charge in [0.05, 0.1) is 22.2 Å². The molecule has 7 heteroatoms. The van der Waals surface area contributed by atoms with E-state index in [0.29, 0.717) is 25.2 Å². The number of amides is 1. The molecule has 0 radical (unpaired) electrons. The lowest BCUT2D eigenvalue weighted by Crippen LogP contribution is -2.28. The molecule has 0 saturated carbocycles. The quantitative estimate of drug-likeness (QED) is 0.316. The number of rotatable bonds is 5. The Bertz CT molecular complexity index is 1070. The molecule has 0 unspecified atom stereocenters. The van der Waals surface area contributed by atoms with Crippen LogP contribution in [0.15, 0.2) is 39.7 Å². The first-order valence-electron chi connectivity index (χ1n) is 8.64. The Morgan fingerprint density at radius 2 is 2.07 bits per heavy atom. The number of hydrogen-bond donors (Lipinski definition) is 0. The zero-order valence-electron chi connectivity index (χ0n) is 16.1. The molecule has 29 heavy (non-hydrogen) atoms. The number of methoxy groups -OCH3 is 1. The molecule has 0 atom stereocenters. The summed E-state index contributed by atoms with van der Waals surface area (Å²) in [5.41, 5.74) is 3.72. The van der Waals surface area contributed by atoms with Gasteiger partial charge in [-0.05, 0) is 65.2 Å². The molecule has 3 rings (SSSR count). The molecule has 0 aromatic heterocycles. The molecule has 1 saturated heterocycles. The molecule has 0 spiro atoms. The summed E-state index contributed by atoms with van der Waals surface area (Å²) in [6.07, 6.45) is 7.06. The maximum atomic E-state index is 13.1. The van der Waals surface area contributed by atoms with E-state index in [1.807, 2.05) is 38.1 Å². The Hall–Kier alpha value is -2.27. The monoisotopic (exact) mass is 487 g/mol. The van der Waals surface area contributed by atoms with Crippen molar-refractivity contribution in [2.45, 2.75) is 13.8 Å². The lowest BCUT2D eigenvalue weighted by Gasteiger charge is -2.17. The molecule has 2 aromatic carbocycles. The van der Waals surface area contributed by atoms with Crippen LogP contribution in [0.3, 0.4) is 0 Å². The third-order valence-electron chi connectivity index (χ3n) is 4.24. The van der Waals surface area contributed by atoms with Gasteiger partial charge in [0, 0.05) is 0 Å². The summed E-state index contributed by atoms with van der Waals surface area (Å²) >= 11 is 10.2. The largest absolute Gasteiger partial charge is 0.493 e. The van der Waals surface area contributed by atoms with Crippen LogP contribution in [0, 0.1) is 26.2 Å². The first-order chi connectivity index (χ1) is 13.8. The predicted octanol–water partition coefficient (Wildman–Crippen LogP) is 5.49. The zero-order valence-corrected chi connectivity index (χ0v) is 19.3. The van der Waals surface area contributed by atoms with Crippen molar-refractivity contribution in [2.24, 2.45) is 0 Å². The summed E-state index contributed by atoms with van der Waals surface area (Å²) in [7, 11) is 1.55. The number of benzene rings is 2. The number of hydrogen-bond acceptors (Lipinski definition) is 5. The fraction of sp³-hybridized carbons (Fsp3) is 0.182. The minimum Gasteiger partial charge on any atom is -0.493 e. The van der Waals surface area contributed by atoms with E-state index in [2.05, 4.69) is 21.9 Å². The predicted molar refractivity (Wildman–Crippen MR) is 127 cm³/mol. The Balaban J connectivity index is 1.95. The first kappa shape index (κ1) is 21.4. The van der Waals surface area contributed by atoms with Gasteiger partial charge in [-0.1, -0.05) is 47.6 Å². The lowest BCUT2D eigenvalue weighted by molar-refractivity contribution is -0.113. The minimum absolute atomic E-state index is 0.128. The van der Waals surface area contributed by atoms with Crippen LogP contribution in [0.2, 0.25) is 0 Å². The van der Waals surface area contributed by atoms with Crippen LogP contribution in [0.4, 0.5) is 5.69 Å². The summed E-state index contributed by atoms with van der Waals surface area (Å²) in [6, 6.07) is 9.57. The highest BCUT2D eigenvalue weighted by Crippen LogP contribution is 2.40. The summed E-state index contributed by atoms with van der Waals surface area (Å²) in [5.74, 6) is 3.32. The van der Waals surface area contributed by atoms with E-state index >= 15 is 0 Å². The van der Waals surface area contributed by atoms with E-state index in [-0.39, 0.29) is 12.5 Å². The van der Waals surface area contributed by atoms with Gasteiger partial charge in [0.15, 0.2) is 15.8 Å². The van der Waals surface area contributed by atoms with Crippen molar-refractivity contribution in [3.63, 3.8) is 0 Å². The topological polar surface area (TPSA) is 38.8 Å². The van der Waals surface area contributed by atoms with Crippen molar-refractivity contribution >= 4 is 61.9 Å². The van der Waals surface area contributed by atoms with Crippen molar-refractivity contribution in [1.82, 2.24) is 0 Å². The van der Waals surface area contributed by atoms with E-state index in [1.165, 1.54) is 11.8 Å². The third kappa shape index (κ3) is 4.50. The average molecular weight is 488 g/mol. The average Bonchev–Trinajstić information content (AvgIpc) is 2.94. The van der Waals surface area contributed by atoms with E-state index in [1.54, 1.807) is 24.2 Å². The van der Waals surface area contributed by atoms with Gasteiger partial charge in [0.25, 0.3) is 5.91 Å². The number of halogens is 1. The number of terminal acetylenes is 1. The molecule has 1 amide bonds. The Labute approximate surface area is 188 Å². The maximum absolute atomic E-state index is 13.1. The van der Waals surface area contributed by atoms with Gasteiger partial charge in [-0.15, -0.1) is 6.42 Å². The van der Waals surface area contributed by atoms with Crippen LogP contribution >= 0.6 is 39.9 Å². The van der Waals surface area contributed by atoms with Crippen LogP contribution in [0.1, 0.15) is 16.7 Å². The molecule has 0 bridgehead atoms. The van der Waals surface area contributed by atoms with Crippen molar-refractivity contribution in [1.29, 1.82) is 0 Å². The Morgan fingerprint density at radius 3 is 2.72 bits per heavy atom. The van der Waals surface area contributed by atoms with Crippen molar-refractivity contribution in [3.05, 3.63) is 56.4 Å². The molecule has 0 aliphatic carbocycles. The third-order valence-corrected chi connectivity index (χ3v) is 6.13. The molecule has 1 heterocycles. The minimum atomic E-state index is -0.144. The highest BCUT2D eigenvalue weighted by Gasteiger charge is 2.34. The van der Waals surface area contributed by atoms with Crippen LogP contribution < -0.4 is 14.4 Å². The van der Waals surface area contributed by atoms with Crippen LogP contribution in [0.25, 0.3) is 6.08 Å². The van der Waals surface area contributed by atoms with Crippen molar-refractivity contribution in [3.8, 4) is 23.8 Å². The number of carbonyl (C=O) groups excluding carboxylic acids is 1. The van der Waals surface area contributed by atoms with Gasteiger partial charge in [0.1, 0.15) is 6.61 Å². The normalized spacial score (nSPS) is 15.0. The smallest absolute Gasteiger partial charge is 0.270 e. The standard InChI is InChI=1S/C22H18BrNO3S2/c1-5-8-27-20-16(23)10-15(11-18(20)26-4)12-19-21(25)24(22(28)29-19)17-7-6-13(2)9-14(17)3/h1,6-7,9-12H,8H2,2-4H3/b19-12+. The fourth-order valence-electron chi connectivity index (χ4n) is 2.96. The molecule has 1 aliphatic heterocycles. The van der Waals surface area contributed by atoms with Crippen LogP contribution in [0.5, 0.6) is 11.5 Å². The number of ether oxygens (including phenoxy) is 2. The summed E-state index contributed by atoms with van der Waals surface area (Å²) < 4.78 is 12.1. The second kappa shape index (κ2) is 9.04. The second-order valence-electron chi connectivity index (χ2n) is 6.33. The maximum Gasteiger partial charge on any atom is 0.270 e. The number of aryl methyl sites for hydroxylation is 2. The van der Waals surface area contributed by atoms with E-state index in [0.717, 1.165) is 22.4 Å². The molecule has 4 nitrogen and oxygen atoms in total. The van der Waals surface area contributed by atoms with Crippen molar-refractivity contribution in [2.75, 3.05) is 18.6 Å². The van der Waals surface area contributed by atoms with Gasteiger partial charge in [-0.3, -0.25) is 9.69 Å². The molecular weight excluding hydrogens is 470 g/mol.